The number of fused-ring (bicyclic) bond motifs is 3. The molecule has 28 heavy (non-hydrogen) atoms. The lowest BCUT2D eigenvalue weighted by Gasteiger charge is -2.44. The van der Waals surface area contributed by atoms with Gasteiger partial charge in [0.05, 0.1) is 29.1 Å². The second-order valence-electron chi connectivity index (χ2n) is 8.05. The molecule has 0 atom stereocenters. The van der Waals surface area contributed by atoms with E-state index in [-0.39, 0.29) is 12.1 Å². The molecule has 4 rings (SSSR count). The van der Waals surface area contributed by atoms with E-state index in [2.05, 4.69) is 26.9 Å². The minimum atomic E-state index is -0.537. The molecule has 7 nitrogen and oxygen atoms in total. The van der Waals surface area contributed by atoms with Crippen molar-refractivity contribution in [3.05, 3.63) is 34.7 Å². The van der Waals surface area contributed by atoms with Crippen molar-refractivity contribution in [3.8, 4) is 0 Å². The first-order valence-corrected chi connectivity index (χ1v) is 9.83. The summed E-state index contributed by atoms with van der Waals surface area (Å²) in [6.07, 6.45) is 1.43. The number of amides is 1. The van der Waals surface area contributed by atoms with Crippen molar-refractivity contribution in [1.82, 2.24) is 9.88 Å². The molecule has 1 aromatic heterocycles. The zero-order valence-corrected chi connectivity index (χ0v) is 17.8. The average molecular weight is 445 g/mol. The number of aromatic nitrogens is 1. The van der Waals surface area contributed by atoms with Crippen LogP contribution in [0.1, 0.15) is 20.8 Å². The van der Waals surface area contributed by atoms with Gasteiger partial charge in [0.2, 0.25) is 5.82 Å². The van der Waals surface area contributed by atoms with Crippen molar-refractivity contribution < 1.29 is 14.3 Å². The number of pyridine rings is 1. The molecule has 0 radical (unpaired) electrons. The molecule has 1 amide bonds. The summed E-state index contributed by atoms with van der Waals surface area (Å²) in [5, 5.41) is 0.944. The lowest BCUT2D eigenvalue weighted by atomic mass is 10.1. The van der Waals surface area contributed by atoms with Crippen LogP contribution in [0.15, 0.2) is 34.7 Å². The van der Waals surface area contributed by atoms with Crippen LogP contribution in [0.4, 0.5) is 16.2 Å². The van der Waals surface area contributed by atoms with Gasteiger partial charge in [-0.1, -0.05) is 15.9 Å². The lowest BCUT2D eigenvalue weighted by molar-refractivity contribution is 0.00873. The third-order valence-electron chi connectivity index (χ3n) is 4.90. The molecule has 0 unspecified atom stereocenters. The fourth-order valence-electron chi connectivity index (χ4n) is 3.59. The number of carbonyl (C=O) groups excluding carboxylic acids is 2. The summed E-state index contributed by atoms with van der Waals surface area (Å²) >= 11 is 3.52. The number of hydrogen-bond donors (Lipinski definition) is 0. The van der Waals surface area contributed by atoms with Crippen LogP contribution in [0.2, 0.25) is 0 Å². The minimum Gasteiger partial charge on any atom is -0.444 e. The van der Waals surface area contributed by atoms with E-state index < -0.39 is 5.60 Å². The molecule has 0 spiro atoms. The van der Waals surface area contributed by atoms with Crippen molar-refractivity contribution in [2.75, 3.05) is 29.9 Å². The van der Waals surface area contributed by atoms with Gasteiger partial charge in [-0.2, -0.15) is 0 Å². The minimum absolute atomic E-state index is 0.0303. The number of carbonyl (C=O) groups is 1. The molecular formula is C20H21BrN4O3. The first-order chi connectivity index (χ1) is 13.2. The van der Waals surface area contributed by atoms with Crippen LogP contribution in [-0.4, -0.2) is 53.7 Å². The van der Waals surface area contributed by atoms with Gasteiger partial charge in [-0.05, 0) is 39.0 Å². The SMILES string of the molecule is CN1C(=C=O)N(C2CN(C(=O)OC(C)(C)C)C2)c2c1cnc1ccc(Br)cc21. The number of ether oxygens (including phenoxy) is 1. The van der Waals surface area contributed by atoms with Crippen LogP contribution in [0.5, 0.6) is 0 Å². The Balaban J connectivity index is 1.69. The predicted molar refractivity (Wildman–Crippen MR) is 111 cm³/mol. The summed E-state index contributed by atoms with van der Waals surface area (Å²) in [4.78, 5) is 34.0. The first kappa shape index (κ1) is 18.8. The standard InChI is InChI=1S/C20H21BrN4O3/c1-20(2,3)28-19(27)24-9-13(10-24)25-17(11-26)23(4)16-8-22-15-6-5-12(21)7-14(15)18(16)25/h5-8,13H,9-10H2,1-4H3. The maximum absolute atomic E-state index is 12.3. The average Bonchev–Trinajstić information content (AvgIpc) is 2.84. The molecule has 2 aliphatic rings. The predicted octanol–water partition coefficient (Wildman–Crippen LogP) is 3.55. The van der Waals surface area contributed by atoms with Gasteiger partial charge in [0.15, 0.2) is 5.94 Å². The molecule has 0 N–H and O–H groups in total. The number of likely N-dealkylation sites (tertiary alicyclic amines) is 1. The van der Waals surface area contributed by atoms with E-state index in [1.165, 1.54) is 0 Å². The summed E-state index contributed by atoms with van der Waals surface area (Å²) in [6.45, 7) is 6.49. The number of rotatable bonds is 1. The summed E-state index contributed by atoms with van der Waals surface area (Å²) in [6, 6.07) is 5.85. The Morgan fingerprint density at radius 1 is 1.32 bits per heavy atom. The normalized spacial score (nSPS) is 16.9. The third-order valence-corrected chi connectivity index (χ3v) is 5.39. The molecule has 2 aliphatic heterocycles. The van der Waals surface area contributed by atoms with Gasteiger partial charge < -0.3 is 19.4 Å². The van der Waals surface area contributed by atoms with Crippen molar-refractivity contribution in [3.63, 3.8) is 0 Å². The van der Waals surface area contributed by atoms with Gasteiger partial charge in [-0.3, -0.25) is 4.98 Å². The summed E-state index contributed by atoms with van der Waals surface area (Å²) in [5.74, 6) is 2.49. The smallest absolute Gasteiger partial charge is 0.410 e. The highest BCUT2D eigenvalue weighted by atomic mass is 79.9. The number of anilines is 2. The first-order valence-electron chi connectivity index (χ1n) is 9.04. The maximum Gasteiger partial charge on any atom is 0.410 e. The molecule has 0 aliphatic carbocycles. The fraction of sp³-hybridized carbons (Fsp3) is 0.400. The topological polar surface area (TPSA) is 66.0 Å². The zero-order chi connectivity index (χ0) is 20.2. The maximum atomic E-state index is 12.3. The van der Waals surface area contributed by atoms with Crippen LogP contribution in [0.3, 0.4) is 0 Å². The Labute approximate surface area is 171 Å². The van der Waals surface area contributed by atoms with Gasteiger partial charge in [0, 0.05) is 30.0 Å². The van der Waals surface area contributed by atoms with Gasteiger partial charge in [-0.15, -0.1) is 0 Å². The Kier molecular flexibility index (Phi) is 4.36. The highest BCUT2D eigenvalue weighted by Crippen LogP contribution is 2.46. The van der Waals surface area contributed by atoms with Crippen molar-refractivity contribution in [1.29, 1.82) is 0 Å². The Morgan fingerprint density at radius 3 is 2.68 bits per heavy atom. The van der Waals surface area contributed by atoms with Crippen LogP contribution in [-0.2, 0) is 9.53 Å². The fourth-order valence-corrected chi connectivity index (χ4v) is 3.95. The zero-order valence-electron chi connectivity index (χ0n) is 16.2. The Hall–Kier alpha value is -2.57. The van der Waals surface area contributed by atoms with Gasteiger partial charge in [-0.25, -0.2) is 9.59 Å². The third kappa shape index (κ3) is 3.02. The summed E-state index contributed by atoms with van der Waals surface area (Å²) in [7, 11) is 1.83. The van der Waals surface area contributed by atoms with Crippen LogP contribution in [0, 0.1) is 0 Å². The van der Waals surface area contributed by atoms with E-state index in [1.807, 2.05) is 50.9 Å². The number of nitrogens with zero attached hydrogens (tertiary/aromatic N) is 4. The van der Waals surface area contributed by atoms with Gasteiger partial charge in [0.25, 0.3) is 0 Å². The Morgan fingerprint density at radius 2 is 2.04 bits per heavy atom. The Bertz CT molecular complexity index is 1020. The molecule has 0 saturated carbocycles. The van der Waals surface area contributed by atoms with E-state index in [0.29, 0.717) is 18.9 Å². The highest BCUT2D eigenvalue weighted by Gasteiger charge is 2.44. The van der Waals surface area contributed by atoms with E-state index >= 15 is 0 Å². The van der Waals surface area contributed by atoms with Crippen molar-refractivity contribution in [2.24, 2.45) is 0 Å². The van der Waals surface area contributed by atoms with Crippen molar-refractivity contribution >= 4 is 50.2 Å². The quantitative estimate of drug-likeness (QED) is 0.626. The highest BCUT2D eigenvalue weighted by molar-refractivity contribution is 9.10. The molecule has 8 heteroatoms. The molecule has 0 bridgehead atoms. The van der Waals surface area contributed by atoms with Crippen LogP contribution in [0.25, 0.3) is 10.9 Å². The second-order valence-corrected chi connectivity index (χ2v) is 8.96. The summed E-state index contributed by atoms with van der Waals surface area (Å²) in [5.41, 5.74) is 2.07. The van der Waals surface area contributed by atoms with E-state index in [0.717, 1.165) is 26.8 Å². The van der Waals surface area contributed by atoms with E-state index in [1.54, 1.807) is 16.0 Å². The van der Waals surface area contributed by atoms with Crippen molar-refractivity contribution in [2.45, 2.75) is 32.4 Å². The molecule has 3 heterocycles. The number of halogens is 1. The molecule has 1 aromatic carbocycles. The number of hydrogen-bond acceptors (Lipinski definition) is 6. The van der Waals surface area contributed by atoms with Crippen LogP contribution >= 0.6 is 15.9 Å². The lowest BCUT2D eigenvalue weighted by Crippen LogP contribution is -2.61. The molecule has 146 valence electrons. The largest absolute Gasteiger partial charge is 0.444 e. The van der Waals surface area contributed by atoms with Gasteiger partial charge >= 0.3 is 6.09 Å². The molecular weight excluding hydrogens is 424 g/mol. The van der Waals surface area contributed by atoms with Gasteiger partial charge in [0.1, 0.15) is 5.60 Å². The second kappa shape index (κ2) is 6.50. The molecule has 1 saturated heterocycles. The summed E-state index contributed by atoms with van der Waals surface area (Å²) < 4.78 is 6.38. The molecule has 2 aromatic rings. The van der Waals surface area contributed by atoms with Crippen LogP contribution < -0.4 is 9.80 Å². The van der Waals surface area contributed by atoms with E-state index in [4.69, 9.17) is 4.74 Å². The molecule has 1 fully saturated rings. The number of benzene rings is 1. The van der Waals surface area contributed by atoms with E-state index in [9.17, 15) is 9.59 Å². The monoisotopic (exact) mass is 444 g/mol.